The highest BCUT2D eigenvalue weighted by atomic mass is 32.1. The van der Waals surface area contributed by atoms with Crippen LogP contribution in [-0.4, -0.2) is 17.3 Å². The van der Waals surface area contributed by atoms with Gasteiger partial charge >= 0.3 is 0 Å². The van der Waals surface area contributed by atoms with Gasteiger partial charge in [-0.15, -0.1) is 21.5 Å². The SMILES string of the molecule is COc1ccsc1-c1nnc(CN)o1. The summed E-state index contributed by atoms with van der Waals surface area (Å²) < 4.78 is 10.4. The first-order valence-electron chi connectivity index (χ1n) is 3.99. The number of thiophene rings is 1. The van der Waals surface area contributed by atoms with Crippen LogP contribution in [0.4, 0.5) is 0 Å². The van der Waals surface area contributed by atoms with E-state index in [1.807, 2.05) is 11.4 Å². The summed E-state index contributed by atoms with van der Waals surface area (Å²) in [6.45, 7) is 0.251. The Morgan fingerprint density at radius 2 is 2.43 bits per heavy atom. The summed E-state index contributed by atoms with van der Waals surface area (Å²) in [5.74, 6) is 1.62. The molecule has 0 aliphatic carbocycles. The fourth-order valence-electron chi connectivity index (χ4n) is 1.04. The van der Waals surface area contributed by atoms with Gasteiger partial charge in [0.15, 0.2) is 0 Å². The molecule has 74 valence electrons. The molecule has 2 N–H and O–H groups in total. The van der Waals surface area contributed by atoms with Gasteiger partial charge < -0.3 is 14.9 Å². The molecule has 2 heterocycles. The fourth-order valence-corrected chi connectivity index (χ4v) is 1.82. The van der Waals surface area contributed by atoms with Gasteiger partial charge in [0.05, 0.1) is 13.7 Å². The van der Waals surface area contributed by atoms with Crippen LogP contribution < -0.4 is 10.5 Å². The molecular formula is C8H9N3O2S. The van der Waals surface area contributed by atoms with Gasteiger partial charge in [-0.3, -0.25) is 0 Å². The minimum atomic E-state index is 0.251. The van der Waals surface area contributed by atoms with Crippen molar-refractivity contribution >= 4 is 11.3 Å². The third-order valence-electron chi connectivity index (χ3n) is 1.68. The summed E-state index contributed by atoms with van der Waals surface area (Å²) >= 11 is 1.49. The average Bonchev–Trinajstić information content (AvgIpc) is 2.85. The third-order valence-corrected chi connectivity index (χ3v) is 2.57. The molecule has 2 aromatic rings. The molecule has 0 bridgehead atoms. The highest BCUT2D eigenvalue weighted by Crippen LogP contribution is 2.34. The lowest BCUT2D eigenvalue weighted by Gasteiger charge is -1.96. The van der Waals surface area contributed by atoms with E-state index in [2.05, 4.69) is 10.2 Å². The van der Waals surface area contributed by atoms with Crippen molar-refractivity contribution in [3.05, 3.63) is 17.3 Å². The zero-order valence-corrected chi connectivity index (χ0v) is 8.37. The van der Waals surface area contributed by atoms with Crippen LogP contribution in [0.15, 0.2) is 15.9 Å². The smallest absolute Gasteiger partial charge is 0.261 e. The summed E-state index contributed by atoms with van der Waals surface area (Å²) in [5, 5.41) is 9.55. The zero-order chi connectivity index (χ0) is 9.97. The highest BCUT2D eigenvalue weighted by Gasteiger charge is 2.13. The topological polar surface area (TPSA) is 74.2 Å². The second-order valence-corrected chi connectivity index (χ2v) is 3.44. The van der Waals surface area contributed by atoms with Gasteiger partial charge in [0.2, 0.25) is 5.89 Å². The minimum absolute atomic E-state index is 0.251. The zero-order valence-electron chi connectivity index (χ0n) is 7.56. The van der Waals surface area contributed by atoms with Gasteiger partial charge in [0.25, 0.3) is 5.89 Å². The molecule has 0 aliphatic heterocycles. The Hall–Kier alpha value is -1.40. The van der Waals surface area contributed by atoms with E-state index in [1.54, 1.807) is 7.11 Å². The Balaban J connectivity index is 2.38. The molecule has 2 aromatic heterocycles. The van der Waals surface area contributed by atoms with Crippen LogP contribution in [0.5, 0.6) is 5.75 Å². The van der Waals surface area contributed by atoms with Gasteiger partial charge in [0, 0.05) is 0 Å². The van der Waals surface area contributed by atoms with E-state index < -0.39 is 0 Å². The van der Waals surface area contributed by atoms with Crippen molar-refractivity contribution in [1.82, 2.24) is 10.2 Å². The van der Waals surface area contributed by atoms with E-state index in [1.165, 1.54) is 11.3 Å². The van der Waals surface area contributed by atoms with Crippen LogP contribution in [0.1, 0.15) is 5.89 Å². The van der Waals surface area contributed by atoms with Crippen molar-refractivity contribution in [3.8, 4) is 16.5 Å². The number of methoxy groups -OCH3 is 1. The van der Waals surface area contributed by atoms with Crippen molar-refractivity contribution in [3.63, 3.8) is 0 Å². The Labute approximate surface area is 84.5 Å². The van der Waals surface area contributed by atoms with Crippen LogP contribution in [0, 0.1) is 0 Å². The van der Waals surface area contributed by atoms with E-state index in [4.69, 9.17) is 14.9 Å². The number of rotatable bonds is 3. The number of hydrogen-bond donors (Lipinski definition) is 1. The fraction of sp³-hybridized carbons (Fsp3) is 0.250. The van der Waals surface area contributed by atoms with Crippen LogP contribution in [0.2, 0.25) is 0 Å². The molecular weight excluding hydrogens is 202 g/mol. The number of nitrogens with zero attached hydrogens (tertiary/aromatic N) is 2. The quantitative estimate of drug-likeness (QED) is 0.827. The maximum absolute atomic E-state index is 5.36. The van der Waals surface area contributed by atoms with Crippen molar-refractivity contribution in [2.45, 2.75) is 6.54 Å². The number of ether oxygens (including phenoxy) is 1. The Morgan fingerprint density at radius 3 is 3.07 bits per heavy atom. The first-order valence-corrected chi connectivity index (χ1v) is 4.87. The maximum atomic E-state index is 5.36. The first-order chi connectivity index (χ1) is 6.85. The van der Waals surface area contributed by atoms with Crippen LogP contribution in [0.25, 0.3) is 10.8 Å². The van der Waals surface area contributed by atoms with E-state index >= 15 is 0 Å². The molecule has 0 fully saturated rings. The second kappa shape index (κ2) is 3.77. The van der Waals surface area contributed by atoms with Crippen LogP contribution in [-0.2, 0) is 6.54 Å². The molecule has 0 radical (unpaired) electrons. The Morgan fingerprint density at radius 1 is 1.57 bits per heavy atom. The summed E-state index contributed by atoms with van der Waals surface area (Å²) in [6.07, 6.45) is 0. The lowest BCUT2D eigenvalue weighted by molar-refractivity contribution is 0.415. The lowest BCUT2D eigenvalue weighted by atomic mass is 10.4. The van der Waals surface area contributed by atoms with E-state index in [0.29, 0.717) is 11.8 Å². The van der Waals surface area contributed by atoms with Crippen molar-refractivity contribution in [2.24, 2.45) is 5.73 Å². The number of nitrogens with two attached hydrogens (primary N) is 1. The predicted octanol–water partition coefficient (Wildman–Crippen LogP) is 1.27. The van der Waals surface area contributed by atoms with Gasteiger partial charge in [-0.2, -0.15) is 0 Å². The molecule has 5 nitrogen and oxygen atoms in total. The number of aromatic nitrogens is 2. The van der Waals surface area contributed by atoms with E-state index in [-0.39, 0.29) is 6.54 Å². The molecule has 0 aromatic carbocycles. The largest absolute Gasteiger partial charge is 0.495 e. The van der Waals surface area contributed by atoms with Crippen molar-refractivity contribution < 1.29 is 9.15 Å². The Kier molecular flexibility index (Phi) is 2.47. The predicted molar refractivity (Wildman–Crippen MR) is 52.1 cm³/mol. The van der Waals surface area contributed by atoms with E-state index in [0.717, 1.165) is 10.6 Å². The minimum Gasteiger partial charge on any atom is -0.495 e. The number of hydrogen-bond acceptors (Lipinski definition) is 6. The molecule has 2 rings (SSSR count). The average molecular weight is 211 g/mol. The summed E-state index contributed by atoms with van der Waals surface area (Å²) in [7, 11) is 1.60. The third kappa shape index (κ3) is 1.49. The molecule has 0 aliphatic rings. The maximum Gasteiger partial charge on any atom is 0.261 e. The molecule has 6 heteroatoms. The standard InChI is InChI=1S/C8H9N3O2S/c1-12-5-2-3-14-7(5)8-11-10-6(4-9)13-8/h2-3H,4,9H2,1H3. The monoisotopic (exact) mass is 211 g/mol. The van der Waals surface area contributed by atoms with E-state index in [9.17, 15) is 0 Å². The van der Waals surface area contributed by atoms with Gasteiger partial charge in [-0.1, -0.05) is 0 Å². The lowest BCUT2D eigenvalue weighted by Crippen LogP contribution is -1.95. The van der Waals surface area contributed by atoms with Gasteiger partial charge in [0.1, 0.15) is 10.6 Å². The molecule has 0 saturated heterocycles. The molecule has 0 amide bonds. The van der Waals surface area contributed by atoms with Crippen LogP contribution in [0.3, 0.4) is 0 Å². The van der Waals surface area contributed by atoms with Gasteiger partial charge in [-0.05, 0) is 11.4 Å². The summed E-state index contributed by atoms with van der Waals surface area (Å²) in [4.78, 5) is 0.833. The molecule has 0 spiro atoms. The molecule has 14 heavy (non-hydrogen) atoms. The Bertz CT molecular complexity index is 424. The van der Waals surface area contributed by atoms with Crippen LogP contribution >= 0.6 is 11.3 Å². The first kappa shape index (κ1) is 9.17. The van der Waals surface area contributed by atoms with Gasteiger partial charge in [-0.25, -0.2) is 0 Å². The van der Waals surface area contributed by atoms with Crippen molar-refractivity contribution in [1.29, 1.82) is 0 Å². The highest BCUT2D eigenvalue weighted by molar-refractivity contribution is 7.13. The molecule has 0 unspecified atom stereocenters. The van der Waals surface area contributed by atoms with Crippen molar-refractivity contribution in [2.75, 3.05) is 7.11 Å². The summed E-state index contributed by atoms with van der Waals surface area (Å²) in [6, 6.07) is 1.85. The normalized spacial score (nSPS) is 10.4. The molecule has 0 atom stereocenters. The molecule has 0 saturated carbocycles. The summed E-state index contributed by atoms with van der Waals surface area (Å²) in [5.41, 5.74) is 5.36. The second-order valence-electron chi connectivity index (χ2n) is 2.52.